The number of anilines is 1. The van der Waals surface area contributed by atoms with E-state index in [1.54, 1.807) is 36.3 Å². The summed E-state index contributed by atoms with van der Waals surface area (Å²) >= 11 is 1.44. The van der Waals surface area contributed by atoms with Crippen molar-refractivity contribution in [2.45, 2.75) is 25.0 Å². The normalized spacial score (nSPS) is 18.9. The lowest BCUT2D eigenvalue weighted by Gasteiger charge is -2.21. The highest BCUT2D eigenvalue weighted by Crippen LogP contribution is 2.35. The molecule has 174 valence electrons. The van der Waals surface area contributed by atoms with Gasteiger partial charge < -0.3 is 15.3 Å². The zero-order chi connectivity index (χ0) is 23.9. The van der Waals surface area contributed by atoms with Gasteiger partial charge in [0.25, 0.3) is 5.91 Å². The number of carbonyl (C=O) groups is 1. The van der Waals surface area contributed by atoms with Crippen LogP contribution in [-0.2, 0) is 17.4 Å². The van der Waals surface area contributed by atoms with Crippen LogP contribution in [0.1, 0.15) is 30.5 Å². The van der Waals surface area contributed by atoms with E-state index in [9.17, 15) is 9.90 Å². The smallest absolute Gasteiger partial charge is 0.258 e. The van der Waals surface area contributed by atoms with Crippen LogP contribution in [-0.4, -0.2) is 59.2 Å². The Kier molecular flexibility index (Phi) is 5.58. The molecular formula is C23H24N8O2S. The van der Waals surface area contributed by atoms with E-state index in [-0.39, 0.29) is 11.9 Å². The molecule has 2 N–H and O–H groups in total. The second-order valence-corrected chi connectivity index (χ2v) is 9.24. The zero-order valence-electron chi connectivity index (χ0n) is 19.0. The molecule has 0 spiro atoms. The molecule has 0 bridgehead atoms. The van der Waals surface area contributed by atoms with Crippen molar-refractivity contribution in [2.75, 3.05) is 18.9 Å². The van der Waals surface area contributed by atoms with Gasteiger partial charge in [-0.05, 0) is 30.7 Å². The minimum Gasteiger partial charge on any atom is -0.375 e. The van der Waals surface area contributed by atoms with Crippen molar-refractivity contribution in [1.29, 1.82) is 0 Å². The number of aliphatic hydroxyl groups is 1. The van der Waals surface area contributed by atoms with Gasteiger partial charge in [0.15, 0.2) is 5.60 Å². The van der Waals surface area contributed by atoms with Crippen LogP contribution in [0.15, 0.2) is 48.4 Å². The molecule has 0 aliphatic carbocycles. The first-order valence-corrected chi connectivity index (χ1v) is 11.7. The number of rotatable bonds is 6. The summed E-state index contributed by atoms with van der Waals surface area (Å²) in [5, 5.41) is 21.1. The molecule has 10 nitrogen and oxygen atoms in total. The summed E-state index contributed by atoms with van der Waals surface area (Å²) in [6.45, 7) is 2.53. The topological polar surface area (TPSA) is 122 Å². The zero-order valence-corrected chi connectivity index (χ0v) is 19.8. The first-order chi connectivity index (χ1) is 16.3. The van der Waals surface area contributed by atoms with E-state index < -0.39 is 5.60 Å². The van der Waals surface area contributed by atoms with Crippen LogP contribution in [0.3, 0.4) is 0 Å². The molecule has 1 fully saturated rings. The Labute approximate surface area is 200 Å². The Balaban J connectivity index is 1.38. The third-order valence-electron chi connectivity index (χ3n) is 5.96. The summed E-state index contributed by atoms with van der Waals surface area (Å²) < 4.78 is 1.75. The number of amides is 1. The Bertz CT molecular complexity index is 1350. The van der Waals surface area contributed by atoms with Crippen LogP contribution < -0.4 is 5.32 Å². The fraction of sp³-hybridized carbons (Fsp3) is 0.304. The largest absolute Gasteiger partial charge is 0.375 e. The molecular weight excluding hydrogens is 452 g/mol. The molecule has 1 saturated heterocycles. The molecule has 11 heteroatoms. The Morgan fingerprint density at radius 2 is 1.97 bits per heavy atom. The second-order valence-electron chi connectivity index (χ2n) is 8.38. The molecule has 5 heterocycles. The van der Waals surface area contributed by atoms with Crippen LogP contribution in [0.25, 0.3) is 22.1 Å². The lowest BCUT2D eigenvalue weighted by molar-refractivity contribution is -0.143. The highest BCUT2D eigenvalue weighted by Gasteiger charge is 2.45. The number of nitrogens with one attached hydrogen (secondary N) is 1. The van der Waals surface area contributed by atoms with Crippen LogP contribution >= 0.6 is 11.3 Å². The van der Waals surface area contributed by atoms with Crippen molar-refractivity contribution in [2.24, 2.45) is 7.05 Å². The number of pyridine rings is 1. The highest BCUT2D eigenvalue weighted by atomic mass is 32.1. The Morgan fingerprint density at radius 3 is 2.71 bits per heavy atom. The van der Waals surface area contributed by atoms with Gasteiger partial charge in [-0.25, -0.2) is 15.0 Å². The lowest BCUT2D eigenvalue weighted by Crippen LogP contribution is -2.36. The van der Waals surface area contributed by atoms with Crippen molar-refractivity contribution in [3.05, 3.63) is 59.5 Å². The predicted molar refractivity (Wildman–Crippen MR) is 128 cm³/mol. The first-order valence-electron chi connectivity index (χ1n) is 10.8. The summed E-state index contributed by atoms with van der Waals surface area (Å²) in [5.41, 5.74) is 1.97. The maximum atomic E-state index is 12.5. The van der Waals surface area contributed by atoms with Gasteiger partial charge in [0.1, 0.15) is 16.4 Å². The fourth-order valence-electron chi connectivity index (χ4n) is 3.95. The molecule has 0 saturated carbocycles. The number of hydrogen-bond acceptors (Lipinski definition) is 9. The molecule has 1 aliphatic heterocycles. The minimum atomic E-state index is -1.52. The number of hydrogen-bond donors (Lipinski definition) is 2. The first kappa shape index (κ1) is 22.1. The third-order valence-corrected chi connectivity index (χ3v) is 6.82. The van der Waals surface area contributed by atoms with Crippen LogP contribution in [0.2, 0.25) is 0 Å². The molecule has 0 radical (unpaired) electrons. The van der Waals surface area contributed by atoms with Crippen molar-refractivity contribution < 1.29 is 9.90 Å². The van der Waals surface area contributed by atoms with E-state index in [2.05, 4.69) is 25.4 Å². The van der Waals surface area contributed by atoms with Gasteiger partial charge in [-0.2, -0.15) is 5.10 Å². The summed E-state index contributed by atoms with van der Waals surface area (Å²) in [7, 11) is 3.57. The number of aromatic nitrogens is 6. The SMILES string of the molecule is CC(Nc1nccc(-c2nc(-c3cc([C@]4(O)CCN(C)C4=O)ccn3)cs2)n1)c1cnn(C)c1. The Hall–Kier alpha value is -3.70. The molecule has 1 aliphatic rings. The van der Waals surface area contributed by atoms with E-state index in [1.807, 2.05) is 37.8 Å². The van der Waals surface area contributed by atoms with Crippen LogP contribution in [0, 0.1) is 0 Å². The highest BCUT2D eigenvalue weighted by molar-refractivity contribution is 7.13. The molecule has 1 amide bonds. The molecule has 34 heavy (non-hydrogen) atoms. The summed E-state index contributed by atoms with van der Waals surface area (Å²) in [4.78, 5) is 32.1. The number of thiazole rings is 1. The number of aryl methyl sites for hydroxylation is 1. The van der Waals surface area contributed by atoms with Crippen molar-refractivity contribution in [3.63, 3.8) is 0 Å². The summed E-state index contributed by atoms with van der Waals surface area (Å²) in [6, 6.07) is 5.21. The van der Waals surface area contributed by atoms with Crippen molar-refractivity contribution >= 4 is 23.2 Å². The standard InChI is InChI=1S/C23H24N8O2S/c1-14(15-11-26-31(3)12-15)27-22-25-8-5-17(29-22)20-28-19(13-34-20)18-10-16(4-7-24-18)23(33)6-9-30(2)21(23)32/h4-5,7-8,10-14,33H,6,9H2,1-3H3,(H,25,27,29)/t14?,23-/m1/s1. The quantitative estimate of drug-likeness (QED) is 0.436. The average Bonchev–Trinajstić information content (AvgIpc) is 3.57. The van der Waals surface area contributed by atoms with Crippen molar-refractivity contribution in [1.82, 2.24) is 34.6 Å². The minimum absolute atomic E-state index is 0.00843. The summed E-state index contributed by atoms with van der Waals surface area (Å²) in [6.07, 6.45) is 7.40. The number of likely N-dealkylation sites (tertiary alicyclic amines) is 1. The van der Waals surface area contributed by atoms with Gasteiger partial charge in [-0.3, -0.25) is 14.5 Å². The second kappa shape index (κ2) is 8.58. The Morgan fingerprint density at radius 1 is 1.15 bits per heavy atom. The number of nitrogens with zero attached hydrogens (tertiary/aromatic N) is 7. The maximum absolute atomic E-state index is 12.5. The van der Waals surface area contributed by atoms with E-state index in [1.165, 1.54) is 16.2 Å². The van der Waals surface area contributed by atoms with E-state index in [0.29, 0.717) is 41.6 Å². The van der Waals surface area contributed by atoms with E-state index >= 15 is 0 Å². The number of likely N-dealkylation sites (N-methyl/N-ethyl adjacent to an activating group) is 1. The third kappa shape index (κ3) is 4.03. The molecule has 2 atom stereocenters. The molecule has 4 aromatic heterocycles. The van der Waals surface area contributed by atoms with Crippen LogP contribution in [0.4, 0.5) is 5.95 Å². The number of carbonyl (C=O) groups excluding carboxylic acids is 1. The average molecular weight is 477 g/mol. The van der Waals surface area contributed by atoms with Gasteiger partial charge in [-0.1, -0.05) is 0 Å². The van der Waals surface area contributed by atoms with Gasteiger partial charge >= 0.3 is 0 Å². The van der Waals surface area contributed by atoms with Gasteiger partial charge in [0.05, 0.1) is 17.9 Å². The molecule has 0 aromatic carbocycles. The summed E-state index contributed by atoms with van der Waals surface area (Å²) in [5.74, 6) is 0.196. The predicted octanol–water partition coefficient (Wildman–Crippen LogP) is 2.62. The van der Waals surface area contributed by atoms with Crippen molar-refractivity contribution in [3.8, 4) is 22.1 Å². The lowest BCUT2D eigenvalue weighted by atomic mass is 9.92. The van der Waals surface area contributed by atoms with E-state index in [0.717, 1.165) is 10.6 Å². The van der Waals surface area contributed by atoms with Gasteiger partial charge in [-0.15, -0.1) is 11.3 Å². The van der Waals surface area contributed by atoms with Crippen LogP contribution in [0.5, 0.6) is 0 Å². The monoisotopic (exact) mass is 476 g/mol. The molecule has 5 rings (SSSR count). The molecule has 1 unspecified atom stereocenters. The van der Waals surface area contributed by atoms with E-state index in [4.69, 9.17) is 4.98 Å². The fourth-order valence-corrected chi connectivity index (χ4v) is 4.73. The van der Waals surface area contributed by atoms with Gasteiger partial charge in [0.2, 0.25) is 5.95 Å². The van der Waals surface area contributed by atoms with Gasteiger partial charge in [0, 0.05) is 56.6 Å². The maximum Gasteiger partial charge on any atom is 0.258 e. The molecule has 4 aromatic rings.